The van der Waals surface area contributed by atoms with Crippen LogP contribution in [-0.4, -0.2) is 74.3 Å². The summed E-state index contributed by atoms with van der Waals surface area (Å²) in [6, 6.07) is 22.1. The number of para-hydroxylation sites is 2. The Labute approximate surface area is 329 Å². The van der Waals surface area contributed by atoms with Crippen LogP contribution in [0.4, 0.5) is 0 Å². The minimum absolute atomic E-state index is 0.0113. The lowest BCUT2D eigenvalue weighted by Crippen LogP contribution is -2.24. The number of aromatic nitrogens is 7. The lowest BCUT2D eigenvalue weighted by molar-refractivity contribution is 0.359. The molecule has 0 aliphatic heterocycles. The van der Waals surface area contributed by atoms with Gasteiger partial charge in [-0.3, -0.25) is 32.5 Å². The number of ether oxygens (including phenoxy) is 2. The van der Waals surface area contributed by atoms with Crippen molar-refractivity contribution in [1.82, 2.24) is 34.1 Å². The number of nitrogens with zero attached hydrogens (tertiary/aromatic N) is 7. The Morgan fingerprint density at radius 1 is 0.621 bits per heavy atom. The van der Waals surface area contributed by atoms with Crippen molar-refractivity contribution in [3.05, 3.63) is 118 Å². The fourth-order valence-electron chi connectivity index (χ4n) is 6.33. The highest BCUT2D eigenvalue weighted by atomic mass is 32.3. The van der Waals surface area contributed by atoms with Crippen LogP contribution in [0.3, 0.4) is 0 Å². The van der Waals surface area contributed by atoms with Gasteiger partial charge in [0.2, 0.25) is 0 Å². The van der Waals surface area contributed by atoms with Crippen LogP contribution in [0.2, 0.25) is 0 Å². The van der Waals surface area contributed by atoms with Crippen LogP contribution >= 0.6 is 0 Å². The summed E-state index contributed by atoms with van der Waals surface area (Å²) in [6.07, 6.45) is 2.74. The van der Waals surface area contributed by atoms with E-state index in [1.165, 1.54) is 59.8 Å². The second-order valence-corrected chi connectivity index (χ2v) is 14.7. The average Bonchev–Trinajstić information content (AvgIpc) is 3.64. The predicted molar refractivity (Wildman–Crippen MR) is 209 cm³/mol. The fourth-order valence-corrected chi connectivity index (χ4v) is 7.06. The van der Waals surface area contributed by atoms with Gasteiger partial charge in [-0.05, 0) is 73.5 Å². The monoisotopic (exact) mass is 831 g/mol. The number of methoxy groups -OCH3 is 2. The molecule has 0 unspecified atom stereocenters. The third-order valence-electron chi connectivity index (χ3n) is 8.88. The molecular formula is C37H33N7O12S2. The van der Waals surface area contributed by atoms with E-state index < -0.39 is 20.8 Å². The molecule has 0 atom stereocenters. The summed E-state index contributed by atoms with van der Waals surface area (Å²) in [6.45, 7) is 0.618. The molecule has 58 heavy (non-hydrogen) atoms. The van der Waals surface area contributed by atoms with E-state index in [4.69, 9.17) is 19.4 Å². The van der Waals surface area contributed by atoms with Crippen molar-refractivity contribution in [1.29, 1.82) is 0 Å². The normalized spacial score (nSPS) is 11.9. The molecule has 0 spiro atoms. The number of rotatable bonds is 15. The molecular weight excluding hydrogens is 799 g/mol. The van der Waals surface area contributed by atoms with Gasteiger partial charge in [0.05, 0.1) is 48.8 Å². The maximum atomic E-state index is 13.9. The SMILES string of the molecule is COc1cc(-c2nc3ccccc3c(=O)n2CCCCn2cc(Cn3c(-c4ccc(OS(=O)(=O)O)c(OC)c4)nc4ccccc4c3=O)nn2)ccc1OS(=O)(=O)O. The third kappa shape index (κ3) is 8.66. The maximum absolute atomic E-state index is 13.9. The number of hydrogen-bond acceptors (Lipinski definition) is 14. The fraction of sp³-hybridized carbons (Fsp3) is 0.189. The molecule has 4 aromatic carbocycles. The molecule has 0 bridgehead atoms. The Hall–Kier alpha value is -6.68. The average molecular weight is 832 g/mol. The van der Waals surface area contributed by atoms with Crippen LogP contribution in [0.1, 0.15) is 18.5 Å². The molecule has 7 aromatic rings. The van der Waals surface area contributed by atoms with E-state index in [1.807, 2.05) is 0 Å². The first-order chi connectivity index (χ1) is 27.7. The standard InChI is InChI=1S/C37H33N7O12S2/c1-53-32-19-23(13-15-30(32)55-57(47,48)49)34-38-28-11-5-3-9-26(28)36(45)43(34)18-8-7-17-42-21-25(40-41-42)22-44-35(39-29-12-6-4-10-27(29)37(44)46)24-14-16-31(33(20-24)54-2)56-58(50,51)52/h3-6,9-16,19-21H,7-8,17-18,22H2,1-2H3,(H,47,48,49)(H,50,51,52). The lowest BCUT2D eigenvalue weighted by atomic mass is 10.1. The predicted octanol–water partition coefficient (Wildman–Crippen LogP) is 3.94. The number of benzene rings is 4. The van der Waals surface area contributed by atoms with Gasteiger partial charge in [0.15, 0.2) is 23.0 Å². The van der Waals surface area contributed by atoms with Crippen molar-refractivity contribution >= 4 is 42.6 Å². The van der Waals surface area contributed by atoms with Crippen LogP contribution in [0.5, 0.6) is 23.0 Å². The Morgan fingerprint density at radius 3 is 1.62 bits per heavy atom. The molecule has 0 saturated carbocycles. The summed E-state index contributed by atoms with van der Waals surface area (Å²) in [7, 11) is -7.08. The Morgan fingerprint density at radius 2 is 1.10 bits per heavy atom. The summed E-state index contributed by atoms with van der Waals surface area (Å²) in [4.78, 5) is 37.1. The Bertz CT molecular complexity index is 3040. The topological polar surface area (TPSA) is 246 Å². The first kappa shape index (κ1) is 39.6. The molecule has 2 N–H and O–H groups in total. The van der Waals surface area contributed by atoms with Crippen molar-refractivity contribution in [2.45, 2.75) is 32.5 Å². The first-order valence-electron chi connectivity index (χ1n) is 17.3. The molecule has 0 aliphatic carbocycles. The smallest absolute Gasteiger partial charge is 0.446 e. The second kappa shape index (κ2) is 16.1. The summed E-state index contributed by atoms with van der Waals surface area (Å²) < 4.78 is 88.2. The van der Waals surface area contributed by atoms with Gasteiger partial charge < -0.3 is 17.8 Å². The summed E-state index contributed by atoms with van der Waals surface area (Å²) in [5.74, 6) is -0.0524. The first-order valence-corrected chi connectivity index (χ1v) is 20.0. The number of fused-ring (bicyclic) bond motifs is 2. The van der Waals surface area contributed by atoms with Crippen molar-refractivity contribution in [3.8, 4) is 45.8 Å². The van der Waals surface area contributed by atoms with Crippen molar-refractivity contribution in [2.24, 2.45) is 0 Å². The van der Waals surface area contributed by atoms with Crippen LogP contribution in [0, 0.1) is 0 Å². The molecule has 300 valence electrons. The van der Waals surface area contributed by atoms with Crippen LogP contribution in [0.25, 0.3) is 44.6 Å². The minimum atomic E-state index is -4.84. The third-order valence-corrected chi connectivity index (χ3v) is 9.66. The summed E-state index contributed by atoms with van der Waals surface area (Å²) in [5.41, 5.74) is 1.48. The Kier molecular flexibility index (Phi) is 10.9. The number of hydrogen-bond donors (Lipinski definition) is 2. The lowest BCUT2D eigenvalue weighted by Gasteiger charge is -2.15. The highest BCUT2D eigenvalue weighted by Crippen LogP contribution is 2.34. The van der Waals surface area contributed by atoms with Gasteiger partial charge in [0.1, 0.15) is 17.3 Å². The van der Waals surface area contributed by atoms with Gasteiger partial charge in [0.25, 0.3) is 11.1 Å². The zero-order valence-corrected chi connectivity index (χ0v) is 32.3. The molecule has 0 aliphatic rings. The minimum Gasteiger partial charge on any atom is -0.493 e. The van der Waals surface area contributed by atoms with Crippen molar-refractivity contribution in [3.63, 3.8) is 0 Å². The molecule has 3 aromatic heterocycles. The van der Waals surface area contributed by atoms with E-state index in [2.05, 4.69) is 18.7 Å². The molecule has 19 nitrogen and oxygen atoms in total. The zero-order valence-electron chi connectivity index (χ0n) is 30.6. The molecule has 0 fully saturated rings. The van der Waals surface area contributed by atoms with Crippen molar-refractivity contribution < 1.29 is 43.8 Å². The van der Waals surface area contributed by atoms with E-state index in [0.717, 1.165) is 0 Å². The molecule has 0 amide bonds. The number of aryl methyl sites for hydroxylation is 1. The highest BCUT2D eigenvalue weighted by molar-refractivity contribution is 7.81. The zero-order chi connectivity index (χ0) is 41.2. The van der Waals surface area contributed by atoms with E-state index in [-0.39, 0.29) is 53.0 Å². The molecule has 0 radical (unpaired) electrons. The largest absolute Gasteiger partial charge is 0.493 e. The quantitative estimate of drug-likeness (QED) is 0.110. The maximum Gasteiger partial charge on any atom is 0.446 e. The number of unbranched alkanes of at least 4 members (excludes halogenated alkanes) is 1. The Balaban J connectivity index is 1.12. The highest BCUT2D eigenvalue weighted by Gasteiger charge is 2.20. The van der Waals surface area contributed by atoms with E-state index >= 15 is 0 Å². The molecule has 0 saturated heterocycles. The van der Waals surface area contributed by atoms with Gasteiger partial charge in [0, 0.05) is 24.2 Å². The second-order valence-electron chi connectivity index (χ2n) is 12.7. The van der Waals surface area contributed by atoms with Gasteiger partial charge >= 0.3 is 20.8 Å². The molecule has 3 heterocycles. The van der Waals surface area contributed by atoms with Crippen LogP contribution in [-0.2, 0) is 40.4 Å². The summed E-state index contributed by atoms with van der Waals surface area (Å²) in [5, 5.41) is 9.30. The van der Waals surface area contributed by atoms with Gasteiger partial charge in [-0.25, -0.2) is 9.97 Å². The van der Waals surface area contributed by atoms with E-state index in [0.29, 0.717) is 63.8 Å². The summed E-state index contributed by atoms with van der Waals surface area (Å²) >= 11 is 0. The van der Waals surface area contributed by atoms with Crippen LogP contribution < -0.4 is 29.0 Å². The van der Waals surface area contributed by atoms with E-state index in [1.54, 1.807) is 59.4 Å². The van der Waals surface area contributed by atoms with Crippen LogP contribution in [0.15, 0.2) is 101 Å². The van der Waals surface area contributed by atoms with E-state index in [9.17, 15) is 35.5 Å². The van der Waals surface area contributed by atoms with Gasteiger partial charge in [-0.2, -0.15) is 16.8 Å². The van der Waals surface area contributed by atoms with Gasteiger partial charge in [-0.15, -0.1) is 5.10 Å². The molecule has 7 rings (SSSR count). The molecule has 21 heteroatoms. The van der Waals surface area contributed by atoms with Crippen molar-refractivity contribution in [2.75, 3.05) is 14.2 Å². The van der Waals surface area contributed by atoms with Gasteiger partial charge in [-0.1, -0.05) is 29.5 Å².